The number of unbranched alkanes of at least 4 members (excludes halogenated alkanes) is 2. The van der Waals surface area contributed by atoms with Crippen molar-refractivity contribution in [2.24, 2.45) is 5.41 Å². The molecule has 1 aliphatic carbocycles. The average molecular weight is 886 g/mol. The number of nitrogens with one attached hydrogen (secondary N) is 2. The Labute approximate surface area is 377 Å². The third kappa shape index (κ3) is 8.95. The van der Waals surface area contributed by atoms with Crippen molar-refractivity contribution in [3.63, 3.8) is 0 Å². The molecule has 7 rings (SSSR count). The van der Waals surface area contributed by atoms with Gasteiger partial charge in [-0.3, -0.25) is 18.9 Å². The van der Waals surface area contributed by atoms with Gasteiger partial charge < -0.3 is 20.6 Å². The molecule has 0 saturated heterocycles. The quantitative estimate of drug-likeness (QED) is 0.0376. The first-order valence-electron chi connectivity index (χ1n) is 22.4. The summed E-state index contributed by atoms with van der Waals surface area (Å²) in [5, 5.41) is 19.5. The van der Waals surface area contributed by atoms with Gasteiger partial charge in [0.15, 0.2) is 5.71 Å². The van der Waals surface area contributed by atoms with Crippen LogP contribution in [0.2, 0.25) is 0 Å². The van der Waals surface area contributed by atoms with E-state index in [1.165, 1.54) is 21.9 Å². The van der Waals surface area contributed by atoms with Crippen LogP contribution in [-0.2, 0) is 35.3 Å². The number of hydrogen-bond donors (Lipinski definition) is 4. The van der Waals surface area contributed by atoms with E-state index in [0.717, 1.165) is 57.8 Å². The van der Waals surface area contributed by atoms with Gasteiger partial charge in [-0.05, 0) is 110 Å². The lowest BCUT2D eigenvalue weighted by Gasteiger charge is -2.35. The molecule has 12 heteroatoms. The van der Waals surface area contributed by atoms with Crippen molar-refractivity contribution in [3.8, 4) is 0 Å². The summed E-state index contributed by atoms with van der Waals surface area (Å²) in [6.07, 6.45) is 11.9. The molecule has 1 atom stereocenters. The SMILES string of the molecule is CCN1/C(=C/C=C2C=C(/C=C/C3=[N+](CC)c4ccc5ccccc5c4C3(C)C)CC(C(=O)NCCCCCC(=O)O)(C(=O)NCCS(=O)(=O)O)C/2)C(C)(C)c2c1ccc1ccccc21. The van der Waals surface area contributed by atoms with E-state index < -0.39 is 39.1 Å². The van der Waals surface area contributed by atoms with Crippen LogP contribution >= 0.6 is 0 Å². The lowest BCUT2D eigenvalue weighted by atomic mass is 9.70. The number of benzene rings is 4. The van der Waals surface area contributed by atoms with Crippen LogP contribution in [0.25, 0.3) is 21.5 Å². The van der Waals surface area contributed by atoms with Crippen molar-refractivity contribution in [2.75, 3.05) is 36.8 Å². The molecule has 11 nitrogen and oxygen atoms in total. The second kappa shape index (κ2) is 18.3. The lowest BCUT2D eigenvalue weighted by Crippen LogP contribution is -2.53. The van der Waals surface area contributed by atoms with Crippen molar-refractivity contribution in [1.82, 2.24) is 10.6 Å². The van der Waals surface area contributed by atoms with Gasteiger partial charge in [-0.1, -0.05) is 93.1 Å². The Morgan fingerprint density at radius 1 is 0.766 bits per heavy atom. The number of amides is 2. The third-order valence-corrected chi connectivity index (χ3v) is 14.0. The molecule has 4 aromatic carbocycles. The fraction of sp³-hybridized carbons (Fsp3) is 0.385. The van der Waals surface area contributed by atoms with Crippen LogP contribution in [0.3, 0.4) is 0 Å². The van der Waals surface area contributed by atoms with Crippen molar-refractivity contribution < 1.29 is 37.0 Å². The molecule has 0 aromatic heterocycles. The van der Waals surface area contributed by atoms with Crippen LogP contribution in [-0.4, -0.2) is 78.1 Å². The number of carboxylic acid groups (broad SMARTS) is 1. The van der Waals surface area contributed by atoms with Crippen molar-refractivity contribution in [1.29, 1.82) is 0 Å². The molecule has 64 heavy (non-hydrogen) atoms. The maximum Gasteiger partial charge on any atom is 0.303 e. The molecule has 3 aliphatic rings. The standard InChI is InChI=1S/C52H60N4O7S/c1-7-55-41-25-23-37-16-11-13-18-39(37)46(41)50(3,4)43(55)27-21-35-32-36(22-28-44-51(5,6)47-40-19-14-12-17-38(40)24-26-42(47)56(44)8-2)34-52(33-35,49(60)54-30-31-64(61,62)63)48(59)53-29-15-9-10-20-45(57)58/h11-14,16-19,21-28,32H,7-10,15,20,29-31,33-34H2,1-6H3,(H3-,53,54,57,58,59,60,61,62,63)/p+1. The van der Waals surface area contributed by atoms with E-state index in [0.29, 0.717) is 19.3 Å². The zero-order chi connectivity index (χ0) is 46.0. The fourth-order valence-electron chi connectivity index (χ4n) is 10.3. The number of aliphatic carboxylic acids is 1. The zero-order valence-corrected chi connectivity index (χ0v) is 38.6. The van der Waals surface area contributed by atoms with Crippen LogP contribution in [0.15, 0.2) is 120 Å². The summed E-state index contributed by atoms with van der Waals surface area (Å²) in [7, 11) is -4.40. The second-order valence-corrected chi connectivity index (χ2v) is 19.8. The van der Waals surface area contributed by atoms with Crippen LogP contribution in [0, 0.1) is 5.41 Å². The number of likely N-dealkylation sites (N-methyl/N-ethyl adjacent to an activating group) is 1. The Morgan fingerprint density at radius 3 is 2.05 bits per heavy atom. The van der Waals surface area contributed by atoms with E-state index in [1.807, 2.05) is 24.3 Å². The maximum absolute atomic E-state index is 14.7. The van der Waals surface area contributed by atoms with Crippen molar-refractivity contribution in [3.05, 3.63) is 131 Å². The number of allylic oxidation sites excluding steroid dienone is 8. The first kappa shape index (κ1) is 46.2. The summed E-state index contributed by atoms with van der Waals surface area (Å²) in [6, 6.07) is 25.5. The van der Waals surface area contributed by atoms with E-state index in [2.05, 4.69) is 141 Å². The summed E-state index contributed by atoms with van der Waals surface area (Å²) in [5.74, 6) is -2.74. The van der Waals surface area contributed by atoms with Gasteiger partial charge in [-0.15, -0.1) is 0 Å². The van der Waals surface area contributed by atoms with Gasteiger partial charge in [0.25, 0.3) is 10.1 Å². The maximum atomic E-state index is 14.7. The summed E-state index contributed by atoms with van der Waals surface area (Å²) >= 11 is 0. The lowest BCUT2D eigenvalue weighted by molar-refractivity contribution is -0.433. The molecule has 4 aromatic rings. The number of anilines is 1. The Balaban J connectivity index is 1.32. The summed E-state index contributed by atoms with van der Waals surface area (Å²) in [4.78, 5) is 42.7. The molecular weight excluding hydrogens is 825 g/mol. The fourth-order valence-corrected chi connectivity index (χ4v) is 10.6. The number of hydrogen-bond acceptors (Lipinski definition) is 6. The van der Waals surface area contributed by atoms with Gasteiger partial charge in [0, 0.05) is 60.6 Å². The highest BCUT2D eigenvalue weighted by Crippen LogP contribution is 2.51. The zero-order valence-electron chi connectivity index (χ0n) is 37.8. The average Bonchev–Trinajstić information content (AvgIpc) is 3.63. The topological polar surface area (TPSA) is 156 Å². The molecule has 0 saturated carbocycles. The molecule has 2 heterocycles. The molecule has 0 fully saturated rings. The Kier molecular flexibility index (Phi) is 13.2. The molecule has 2 amide bonds. The molecule has 0 spiro atoms. The van der Waals surface area contributed by atoms with Gasteiger partial charge in [0.1, 0.15) is 12.0 Å². The highest BCUT2D eigenvalue weighted by molar-refractivity contribution is 7.85. The third-order valence-electron chi connectivity index (χ3n) is 13.3. The van der Waals surface area contributed by atoms with Crippen LogP contribution in [0.1, 0.15) is 91.2 Å². The Hall–Kier alpha value is -5.85. The number of rotatable bonds is 16. The molecule has 0 bridgehead atoms. The highest BCUT2D eigenvalue weighted by atomic mass is 32.2. The van der Waals surface area contributed by atoms with Crippen molar-refractivity contribution in [2.45, 2.75) is 90.9 Å². The molecule has 336 valence electrons. The first-order valence-corrected chi connectivity index (χ1v) is 24.0. The van der Waals surface area contributed by atoms with E-state index >= 15 is 0 Å². The van der Waals surface area contributed by atoms with E-state index in [4.69, 9.17) is 5.11 Å². The van der Waals surface area contributed by atoms with Crippen molar-refractivity contribution >= 4 is 66.5 Å². The van der Waals surface area contributed by atoms with Crippen LogP contribution < -0.4 is 15.5 Å². The van der Waals surface area contributed by atoms with Gasteiger partial charge in [-0.25, -0.2) is 0 Å². The predicted molar refractivity (Wildman–Crippen MR) is 256 cm³/mol. The van der Waals surface area contributed by atoms with Gasteiger partial charge in [-0.2, -0.15) is 13.0 Å². The van der Waals surface area contributed by atoms with Gasteiger partial charge in [0.05, 0.1) is 11.2 Å². The Morgan fingerprint density at radius 2 is 1.41 bits per heavy atom. The van der Waals surface area contributed by atoms with Crippen LogP contribution in [0.4, 0.5) is 11.4 Å². The molecule has 4 N–H and O–H groups in total. The number of carboxylic acids is 1. The minimum Gasteiger partial charge on any atom is -0.481 e. The second-order valence-electron chi connectivity index (χ2n) is 18.3. The van der Waals surface area contributed by atoms with Gasteiger partial charge >= 0.3 is 5.97 Å². The van der Waals surface area contributed by atoms with Gasteiger partial charge in [0.2, 0.25) is 17.5 Å². The monoisotopic (exact) mass is 885 g/mol. The molecule has 0 radical (unpaired) electrons. The summed E-state index contributed by atoms with van der Waals surface area (Å²) < 4.78 is 35.4. The number of carbonyl (C=O) groups is 3. The summed E-state index contributed by atoms with van der Waals surface area (Å²) in [6.45, 7) is 14.4. The minimum atomic E-state index is -4.40. The van der Waals surface area contributed by atoms with E-state index in [-0.39, 0.29) is 43.2 Å². The molecular formula is C52H61N4O7S+. The smallest absolute Gasteiger partial charge is 0.303 e. The highest BCUT2D eigenvalue weighted by Gasteiger charge is 2.49. The number of fused-ring (bicyclic) bond motifs is 6. The van der Waals surface area contributed by atoms with Crippen LogP contribution in [0.5, 0.6) is 0 Å². The minimum absolute atomic E-state index is 0.0261. The van der Waals surface area contributed by atoms with E-state index in [9.17, 15) is 27.4 Å². The van der Waals surface area contributed by atoms with E-state index in [1.54, 1.807) is 0 Å². The normalized spacial score (nSPS) is 20.3. The number of nitrogens with zero attached hydrogens (tertiary/aromatic N) is 2. The molecule has 1 unspecified atom stereocenters. The summed E-state index contributed by atoms with van der Waals surface area (Å²) in [5.41, 5.74) is 5.92. The predicted octanol–water partition coefficient (Wildman–Crippen LogP) is 9.05. The largest absolute Gasteiger partial charge is 0.481 e. The number of carbonyl (C=O) groups excluding carboxylic acids is 2. The first-order chi connectivity index (χ1) is 30.4. The Bertz CT molecular complexity index is 2800. The molecule has 2 aliphatic heterocycles.